The van der Waals surface area contributed by atoms with Crippen LogP contribution in [0.3, 0.4) is 0 Å². The van der Waals surface area contributed by atoms with Gasteiger partial charge in [0.2, 0.25) is 11.0 Å². The lowest BCUT2D eigenvalue weighted by atomic mass is 10.0. The minimum Gasteiger partial charge on any atom is -0.497 e. The molecule has 3 aromatic rings. The predicted molar refractivity (Wildman–Crippen MR) is 125 cm³/mol. The molecule has 1 aliphatic heterocycles. The largest absolute Gasteiger partial charge is 0.497 e. The molecule has 2 aromatic carbocycles. The number of nitrogens with one attached hydrogen (secondary N) is 1. The maximum absolute atomic E-state index is 12.8. The van der Waals surface area contributed by atoms with Gasteiger partial charge in [0.1, 0.15) is 11.5 Å². The van der Waals surface area contributed by atoms with Crippen molar-refractivity contribution >= 4 is 45.7 Å². The zero-order chi connectivity index (χ0) is 22.5. The summed E-state index contributed by atoms with van der Waals surface area (Å²) in [5, 5.41) is 11.2. The molecule has 0 saturated heterocycles. The number of methoxy groups -OCH3 is 2. The lowest BCUT2D eigenvalue weighted by molar-refractivity contribution is -0.116. The topological polar surface area (TPSA) is 93.6 Å². The number of thioether (sulfide) groups is 1. The van der Waals surface area contributed by atoms with E-state index >= 15 is 0 Å². The zero-order valence-electron chi connectivity index (χ0n) is 17.7. The van der Waals surface area contributed by atoms with Crippen molar-refractivity contribution in [1.29, 1.82) is 0 Å². The fourth-order valence-electron chi connectivity index (χ4n) is 3.42. The van der Waals surface area contributed by atoms with Crippen LogP contribution >= 0.6 is 23.1 Å². The molecule has 0 radical (unpaired) electrons. The third-order valence-electron chi connectivity index (χ3n) is 4.97. The Morgan fingerprint density at radius 1 is 1.12 bits per heavy atom. The normalized spacial score (nSPS) is 12.8. The Kier molecular flexibility index (Phi) is 6.91. The van der Waals surface area contributed by atoms with Crippen LogP contribution in [0.5, 0.6) is 11.5 Å². The van der Waals surface area contributed by atoms with Crippen molar-refractivity contribution in [3.05, 3.63) is 53.6 Å². The summed E-state index contributed by atoms with van der Waals surface area (Å²) in [4.78, 5) is 27.2. The van der Waals surface area contributed by atoms with Gasteiger partial charge in [-0.15, -0.1) is 10.2 Å². The first-order valence-electron chi connectivity index (χ1n) is 9.96. The molecule has 10 heteroatoms. The monoisotopic (exact) mass is 470 g/mol. The maximum Gasteiger partial charge on any atom is 0.257 e. The number of ether oxygens (including phenoxy) is 2. The van der Waals surface area contributed by atoms with E-state index in [0.29, 0.717) is 26.5 Å². The number of hydrogen-bond acceptors (Lipinski definition) is 8. The van der Waals surface area contributed by atoms with Gasteiger partial charge >= 0.3 is 0 Å². The van der Waals surface area contributed by atoms with E-state index in [-0.39, 0.29) is 17.6 Å². The Morgan fingerprint density at radius 2 is 1.88 bits per heavy atom. The Labute approximate surface area is 193 Å². The number of amides is 2. The molecule has 0 saturated carbocycles. The van der Waals surface area contributed by atoms with Crippen molar-refractivity contribution in [2.75, 3.05) is 36.7 Å². The summed E-state index contributed by atoms with van der Waals surface area (Å²) in [6, 6.07) is 12.9. The molecule has 0 atom stereocenters. The highest BCUT2D eigenvalue weighted by atomic mass is 32.2. The SMILES string of the molecule is COc1cc(OC)cc(C(=O)Nc2nnc(SCC(=O)N3CCCc4ccccc43)s2)c1. The van der Waals surface area contributed by atoms with E-state index in [4.69, 9.17) is 9.47 Å². The van der Waals surface area contributed by atoms with Crippen LogP contribution < -0.4 is 19.7 Å². The molecule has 0 bridgehead atoms. The highest BCUT2D eigenvalue weighted by molar-refractivity contribution is 8.01. The van der Waals surface area contributed by atoms with Gasteiger partial charge in [-0.2, -0.15) is 0 Å². The van der Waals surface area contributed by atoms with Crippen molar-refractivity contribution < 1.29 is 19.1 Å². The molecule has 32 heavy (non-hydrogen) atoms. The second kappa shape index (κ2) is 10.0. The van der Waals surface area contributed by atoms with E-state index in [0.717, 1.165) is 25.1 Å². The van der Waals surface area contributed by atoms with Gasteiger partial charge in [0.15, 0.2) is 4.34 Å². The van der Waals surface area contributed by atoms with E-state index in [1.807, 2.05) is 23.1 Å². The number of carbonyl (C=O) groups excluding carboxylic acids is 2. The fourth-order valence-corrected chi connectivity index (χ4v) is 5.04. The number of anilines is 2. The molecule has 0 spiro atoms. The van der Waals surface area contributed by atoms with Crippen LogP contribution in [-0.4, -0.2) is 48.5 Å². The minimum atomic E-state index is -0.351. The second-order valence-electron chi connectivity index (χ2n) is 6.99. The van der Waals surface area contributed by atoms with E-state index in [9.17, 15) is 9.59 Å². The number of benzene rings is 2. The third-order valence-corrected chi connectivity index (χ3v) is 6.93. The number of rotatable bonds is 7. The molecule has 1 aliphatic rings. The first kappa shape index (κ1) is 22.1. The van der Waals surface area contributed by atoms with E-state index in [1.165, 1.54) is 42.9 Å². The molecular formula is C22H22N4O4S2. The molecule has 8 nitrogen and oxygen atoms in total. The van der Waals surface area contributed by atoms with Crippen LogP contribution in [0.15, 0.2) is 46.8 Å². The number of nitrogens with zero attached hydrogens (tertiary/aromatic N) is 3. The molecule has 0 fully saturated rings. The molecule has 4 rings (SSSR count). The zero-order valence-corrected chi connectivity index (χ0v) is 19.3. The van der Waals surface area contributed by atoms with Crippen LogP contribution in [0.2, 0.25) is 0 Å². The minimum absolute atomic E-state index is 0.0337. The van der Waals surface area contributed by atoms with Crippen LogP contribution in [-0.2, 0) is 11.2 Å². The summed E-state index contributed by atoms with van der Waals surface area (Å²) in [6.07, 6.45) is 1.95. The van der Waals surface area contributed by atoms with Crippen molar-refractivity contribution in [1.82, 2.24) is 10.2 Å². The molecule has 0 aliphatic carbocycles. The summed E-state index contributed by atoms with van der Waals surface area (Å²) < 4.78 is 11.0. The van der Waals surface area contributed by atoms with Gasteiger partial charge in [0, 0.05) is 23.9 Å². The van der Waals surface area contributed by atoms with Gasteiger partial charge in [-0.1, -0.05) is 41.3 Å². The van der Waals surface area contributed by atoms with Gasteiger partial charge in [0.05, 0.1) is 20.0 Å². The number of aromatic nitrogens is 2. The number of hydrogen-bond donors (Lipinski definition) is 1. The number of aryl methyl sites for hydroxylation is 1. The summed E-state index contributed by atoms with van der Waals surface area (Å²) in [6.45, 7) is 0.720. The average molecular weight is 471 g/mol. The average Bonchev–Trinajstić information content (AvgIpc) is 3.28. The van der Waals surface area contributed by atoms with Gasteiger partial charge in [-0.25, -0.2) is 0 Å². The Balaban J connectivity index is 1.37. The second-order valence-corrected chi connectivity index (χ2v) is 9.19. The first-order valence-corrected chi connectivity index (χ1v) is 11.8. The van der Waals surface area contributed by atoms with Crippen LogP contribution in [0.25, 0.3) is 0 Å². The van der Waals surface area contributed by atoms with Crippen molar-refractivity contribution in [2.45, 2.75) is 17.2 Å². The first-order chi connectivity index (χ1) is 15.6. The van der Waals surface area contributed by atoms with Crippen molar-refractivity contribution in [3.63, 3.8) is 0 Å². The van der Waals surface area contributed by atoms with Gasteiger partial charge in [-0.3, -0.25) is 14.9 Å². The van der Waals surface area contributed by atoms with E-state index in [1.54, 1.807) is 18.2 Å². The number of carbonyl (C=O) groups is 2. The fraction of sp³-hybridized carbons (Fsp3) is 0.273. The summed E-state index contributed by atoms with van der Waals surface area (Å²) in [5.41, 5.74) is 2.57. The van der Waals surface area contributed by atoms with Crippen LogP contribution in [0.1, 0.15) is 22.3 Å². The lowest BCUT2D eigenvalue weighted by Crippen LogP contribution is -2.36. The van der Waals surface area contributed by atoms with E-state index < -0.39 is 0 Å². The van der Waals surface area contributed by atoms with Crippen LogP contribution in [0, 0.1) is 0 Å². The highest BCUT2D eigenvalue weighted by Gasteiger charge is 2.22. The van der Waals surface area contributed by atoms with Gasteiger partial charge in [0.25, 0.3) is 5.91 Å². The lowest BCUT2D eigenvalue weighted by Gasteiger charge is -2.29. The summed E-state index contributed by atoms with van der Waals surface area (Å²) in [7, 11) is 3.04. The standard InChI is InChI=1S/C22H22N4O4S2/c1-29-16-10-15(11-17(12-16)30-2)20(28)23-21-24-25-22(32-21)31-13-19(27)26-9-5-7-14-6-3-4-8-18(14)26/h3-4,6,8,10-12H,5,7,9,13H2,1-2H3,(H,23,24,28). The van der Waals surface area contributed by atoms with Gasteiger partial charge in [-0.05, 0) is 36.6 Å². The van der Waals surface area contributed by atoms with Gasteiger partial charge < -0.3 is 14.4 Å². The van der Waals surface area contributed by atoms with Crippen molar-refractivity contribution in [2.24, 2.45) is 0 Å². The molecular weight excluding hydrogens is 448 g/mol. The third kappa shape index (κ3) is 5.03. The van der Waals surface area contributed by atoms with Crippen LogP contribution in [0.4, 0.5) is 10.8 Å². The number of para-hydroxylation sites is 1. The van der Waals surface area contributed by atoms with Crippen molar-refractivity contribution in [3.8, 4) is 11.5 Å². The Morgan fingerprint density at radius 3 is 2.62 bits per heavy atom. The molecule has 1 N–H and O–H groups in total. The molecule has 2 heterocycles. The molecule has 166 valence electrons. The quantitative estimate of drug-likeness (QED) is 0.414. The Hall–Kier alpha value is -3.11. The summed E-state index contributed by atoms with van der Waals surface area (Å²) in [5.74, 6) is 0.966. The predicted octanol–water partition coefficient (Wildman–Crippen LogP) is 3.88. The molecule has 0 unspecified atom stereocenters. The molecule has 2 amide bonds. The summed E-state index contributed by atoms with van der Waals surface area (Å²) >= 11 is 2.54. The highest BCUT2D eigenvalue weighted by Crippen LogP contribution is 2.30. The smallest absolute Gasteiger partial charge is 0.257 e. The van der Waals surface area contributed by atoms with E-state index in [2.05, 4.69) is 21.6 Å². The maximum atomic E-state index is 12.8. The number of fused-ring (bicyclic) bond motifs is 1. The Bertz CT molecular complexity index is 1110. The molecule has 1 aromatic heterocycles.